The summed E-state index contributed by atoms with van der Waals surface area (Å²) in [6.07, 6.45) is 6.51. The first-order chi connectivity index (χ1) is 10.3. The molecule has 0 heterocycles. The summed E-state index contributed by atoms with van der Waals surface area (Å²) in [6, 6.07) is 8.87. The van der Waals surface area contributed by atoms with Crippen molar-refractivity contribution in [1.29, 1.82) is 0 Å². The Kier molecular flexibility index (Phi) is 3.71. The van der Waals surface area contributed by atoms with E-state index < -0.39 is 0 Å². The van der Waals surface area contributed by atoms with Gasteiger partial charge in [0.25, 0.3) is 0 Å². The quantitative estimate of drug-likeness (QED) is 0.583. The van der Waals surface area contributed by atoms with E-state index in [0.717, 1.165) is 25.7 Å². The highest BCUT2D eigenvalue weighted by atomic mass is 14.3. The fourth-order valence-electron chi connectivity index (χ4n) is 4.09. The summed E-state index contributed by atoms with van der Waals surface area (Å²) in [5.74, 6) is 0. The number of rotatable bonds is 4. The van der Waals surface area contributed by atoms with E-state index in [-0.39, 0.29) is 0 Å². The number of hydrogen-bond acceptors (Lipinski definition) is 0. The highest BCUT2D eigenvalue weighted by molar-refractivity contribution is 5.87. The lowest BCUT2D eigenvalue weighted by atomic mass is 9.83. The van der Waals surface area contributed by atoms with Crippen LogP contribution in [0.1, 0.15) is 54.2 Å². The molecule has 0 nitrogen and oxygen atoms in total. The Hall–Kier alpha value is -1.82. The summed E-state index contributed by atoms with van der Waals surface area (Å²) in [5.41, 5.74) is 12.0. The maximum absolute atomic E-state index is 4.12. The fourth-order valence-corrected chi connectivity index (χ4v) is 4.09. The summed E-state index contributed by atoms with van der Waals surface area (Å²) in [7, 11) is 0. The summed E-state index contributed by atoms with van der Waals surface area (Å²) in [4.78, 5) is 0. The van der Waals surface area contributed by atoms with Gasteiger partial charge in [-0.1, -0.05) is 57.7 Å². The highest BCUT2D eigenvalue weighted by Crippen LogP contribution is 2.44. The van der Waals surface area contributed by atoms with Crippen molar-refractivity contribution >= 4 is 6.08 Å². The number of benzene rings is 2. The zero-order valence-corrected chi connectivity index (χ0v) is 13.4. The molecule has 0 saturated heterocycles. The van der Waals surface area contributed by atoms with Gasteiger partial charge in [-0.05, 0) is 70.2 Å². The van der Waals surface area contributed by atoms with Crippen molar-refractivity contribution in [1.82, 2.24) is 0 Å². The van der Waals surface area contributed by atoms with Gasteiger partial charge >= 0.3 is 0 Å². The molecule has 0 unspecified atom stereocenters. The largest absolute Gasteiger partial charge is 0.0984 e. The van der Waals surface area contributed by atoms with E-state index in [9.17, 15) is 0 Å². The van der Waals surface area contributed by atoms with Gasteiger partial charge in [-0.15, -0.1) is 0 Å². The summed E-state index contributed by atoms with van der Waals surface area (Å²) >= 11 is 0. The Labute approximate surface area is 128 Å². The van der Waals surface area contributed by atoms with Crippen LogP contribution in [0.3, 0.4) is 0 Å². The van der Waals surface area contributed by atoms with Crippen LogP contribution in [0.4, 0.5) is 0 Å². The third-order valence-corrected chi connectivity index (χ3v) is 4.91. The second kappa shape index (κ2) is 5.52. The Balaban J connectivity index is 2.43. The second-order valence-corrected chi connectivity index (χ2v) is 5.80. The molecule has 108 valence electrons. The van der Waals surface area contributed by atoms with Crippen LogP contribution in [0.25, 0.3) is 17.2 Å². The number of fused-ring (bicyclic) bond motifs is 3. The minimum Gasteiger partial charge on any atom is -0.0984 e. The first-order valence-electron chi connectivity index (χ1n) is 8.16. The molecular weight excluding hydrogens is 252 g/mol. The minimum absolute atomic E-state index is 1.09. The van der Waals surface area contributed by atoms with Gasteiger partial charge in [0.2, 0.25) is 0 Å². The molecule has 0 saturated carbocycles. The molecule has 1 aliphatic rings. The molecule has 0 heteroatoms. The molecule has 0 spiro atoms. The molecule has 0 N–H and O–H groups in total. The van der Waals surface area contributed by atoms with E-state index in [1.165, 1.54) is 27.8 Å². The van der Waals surface area contributed by atoms with Gasteiger partial charge in [-0.2, -0.15) is 0 Å². The van der Waals surface area contributed by atoms with Crippen LogP contribution in [-0.2, 0) is 25.7 Å². The van der Waals surface area contributed by atoms with E-state index in [1.807, 2.05) is 0 Å². The van der Waals surface area contributed by atoms with Crippen LogP contribution in [0.15, 0.2) is 30.8 Å². The van der Waals surface area contributed by atoms with Gasteiger partial charge in [0, 0.05) is 0 Å². The van der Waals surface area contributed by atoms with Crippen molar-refractivity contribution in [2.75, 3.05) is 0 Å². The standard InChI is InChI=1S/C21H24/c1-5-15-16(6-2)18(8-4)21-19-12-10-9-11-14(19)13-20(21)17(15)7-3/h8-12H,4-7,13H2,1-3H3. The van der Waals surface area contributed by atoms with Crippen LogP contribution >= 0.6 is 0 Å². The summed E-state index contributed by atoms with van der Waals surface area (Å²) in [5, 5.41) is 0. The van der Waals surface area contributed by atoms with Gasteiger partial charge in [-0.25, -0.2) is 0 Å². The average molecular weight is 276 g/mol. The third kappa shape index (κ3) is 1.97. The molecule has 0 fully saturated rings. The predicted octanol–water partition coefficient (Wildman–Crippen LogP) is 5.59. The molecule has 21 heavy (non-hydrogen) atoms. The first kappa shape index (κ1) is 14.1. The fraction of sp³-hybridized carbons (Fsp3) is 0.333. The van der Waals surface area contributed by atoms with Gasteiger partial charge in [0.1, 0.15) is 0 Å². The number of hydrogen-bond donors (Lipinski definition) is 0. The molecule has 2 aromatic carbocycles. The van der Waals surface area contributed by atoms with Crippen LogP contribution in [0.2, 0.25) is 0 Å². The Bertz CT molecular complexity index is 704. The monoisotopic (exact) mass is 276 g/mol. The van der Waals surface area contributed by atoms with E-state index in [4.69, 9.17) is 0 Å². The lowest BCUT2D eigenvalue weighted by Crippen LogP contribution is -2.06. The molecular formula is C21H24. The molecule has 1 aliphatic carbocycles. The first-order valence-corrected chi connectivity index (χ1v) is 8.16. The molecule has 0 amide bonds. The maximum atomic E-state index is 4.12. The van der Waals surface area contributed by atoms with Gasteiger partial charge in [0.05, 0.1) is 0 Å². The van der Waals surface area contributed by atoms with Crippen LogP contribution < -0.4 is 0 Å². The van der Waals surface area contributed by atoms with E-state index in [2.05, 4.69) is 57.7 Å². The Morgan fingerprint density at radius 1 is 0.952 bits per heavy atom. The highest BCUT2D eigenvalue weighted by Gasteiger charge is 2.26. The van der Waals surface area contributed by atoms with Crippen molar-refractivity contribution in [2.24, 2.45) is 0 Å². The topological polar surface area (TPSA) is 0 Å². The molecule has 0 radical (unpaired) electrons. The molecule has 3 rings (SSSR count). The van der Waals surface area contributed by atoms with Crippen molar-refractivity contribution in [3.8, 4) is 11.1 Å². The maximum Gasteiger partial charge on any atom is -0.00104 e. The van der Waals surface area contributed by atoms with Crippen LogP contribution in [0, 0.1) is 0 Å². The zero-order valence-electron chi connectivity index (χ0n) is 13.4. The second-order valence-electron chi connectivity index (χ2n) is 5.80. The van der Waals surface area contributed by atoms with Crippen molar-refractivity contribution in [3.05, 3.63) is 64.2 Å². The molecule has 0 aliphatic heterocycles. The zero-order chi connectivity index (χ0) is 15.0. The van der Waals surface area contributed by atoms with Crippen LogP contribution in [-0.4, -0.2) is 0 Å². The molecule has 0 bridgehead atoms. The predicted molar refractivity (Wildman–Crippen MR) is 92.9 cm³/mol. The average Bonchev–Trinajstić information content (AvgIpc) is 2.91. The summed E-state index contributed by atoms with van der Waals surface area (Å²) in [6.45, 7) is 11.0. The lowest BCUT2D eigenvalue weighted by Gasteiger charge is -2.21. The molecule has 0 atom stereocenters. The van der Waals surface area contributed by atoms with Crippen molar-refractivity contribution < 1.29 is 0 Å². The van der Waals surface area contributed by atoms with Crippen molar-refractivity contribution in [2.45, 2.75) is 46.5 Å². The molecule has 2 aromatic rings. The van der Waals surface area contributed by atoms with E-state index >= 15 is 0 Å². The smallest absolute Gasteiger partial charge is 0.00104 e. The lowest BCUT2D eigenvalue weighted by molar-refractivity contribution is 0.960. The van der Waals surface area contributed by atoms with Gasteiger partial charge in [0.15, 0.2) is 0 Å². The van der Waals surface area contributed by atoms with E-state index in [0.29, 0.717) is 0 Å². The molecule has 0 aromatic heterocycles. The minimum atomic E-state index is 1.09. The normalized spacial score (nSPS) is 12.1. The van der Waals surface area contributed by atoms with E-state index in [1.54, 1.807) is 16.7 Å². The SMILES string of the molecule is C=Cc1c(CC)c(CC)c(CC)c2c1-c1ccccc1C2. The third-order valence-electron chi connectivity index (χ3n) is 4.91. The van der Waals surface area contributed by atoms with Gasteiger partial charge < -0.3 is 0 Å². The van der Waals surface area contributed by atoms with Gasteiger partial charge in [-0.3, -0.25) is 0 Å². The van der Waals surface area contributed by atoms with Crippen LogP contribution in [0.5, 0.6) is 0 Å². The van der Waals surface area contributed by atoms with Crippen molar-refractivity contribution in [3.63, 3.8) is 0 Å². The summed E-state index contributed by atoms with van der Waals surface area (Å²) < 4.78 is 0. The Morgan fingerprint density at radius 2 is 1.62 bits per heavy atom. The Morgan fingerprint density at radius 3 is 2.24 bits per heavy atom.